The molecule has 106 valence electrons. The number of pyridine rings is 1. The van der Waals surface area contributed by atoms with Crippen LogP contribution >= 0.6 is 11.6 Å². The van der Waals surface area contributed by atoms with Crippen molar-refractivity contribution < 1.29 is 18.0 Å². The van der Waals surface area contributed by atoms with Crippen molar-refractivity contribution in [2.24, 2.45) is 5.73 Å². The van der Waals surface area contributed by atoms with Crippen LogP contribution in [-0.2, 0) is 6.18 Å². The first-order valence-electron chi connectivity index (χ1n) is 5.08. The van der Waals surface area contributed by atoms with E-state index in [0.29, 0.717) is 12.3 Å². The minimum atomic E-state index is -4.56. The molecule has 20 heavy (non-hydrogen) atoms. The average molecular weight is 306 g/mol. The number of carbonyl (C=O) groups excluding carboxylic acids is 1. The summed E-state index contributed by atoms with van der Waals surface area (Å²) in [6.45, 7) is 0. The summed E-state index contributed by atoms with van der Waals surface area (Å²) >= 11 is 5.73. The van der Waals surface area contributed by atoms with Gasteiger partial charge in [0.05, 0.1) is 10.6 Å². The molecule has 2 heterocycles. The highest BCUT2D eigenvalue weighted by atomic mass is 35.5. The van der Waals surface area contributed by atoms with E-state index in [1.807, 2.05) is 0 Å². The van der Waals surface area contributed by atoms with Gasteiger partial charge in [-0.25, -0.2) is 9.67 Å². The van der Waals surface area contributed by atoms with Crippen LogP contribution in [0.25, 0.3) is 5.82 Å². The van der Waals surface area contributed by atoms with Crippen LogP contribution < -0.4 is 11.5 Å². The molecule has 0 fully saturated rings. The molecule has 0 saturated heterocycles. The smallest absolute Gasteiger partial charge is 0.382 e. The van der Waals surface area contributed by atoms with Gasteiger partial charge in [0.25, 0.3) is 5.91 Å². The van der Waals surface area contributed by atoms with Gasteiger partial charge in [-0.2, -0.15) is 13.2 Å². The fraction of sp³-hybridized carbons (Fsp3) is 0.100. The van der Waals surface area contributed by atoms with Gasteiger partial charge >= 0.3 is 6.18 Å². The fourth-order valence-electron chi connectivity index (χ4n) is 1.44. The Kier molecular flexibility index (Phi) is 3.30. The van der Waals surface area contributed by atoms with E-state index < -0.39 is 17.6 Å². The zero-order valence-corrected chi connectivity index (χ0v) is 10.4. The van der Waals surface area contributed by atoms with Crippen molar-refractivity contribution in [3.8, 4) is 5.82 Å². The molecule has 0 aliphatic carbocycles. The minimum absolute atomic E-state index is 0.0808. The number of nitrogen functional groups attached to an aromatic ring is 1. The summed E-state index contributed by atoms with van der Waals surface area (Å²) in [5.74, 6) is -1.09. The van der Waals surface area contributed by atoms with E-state index in [9.17, 15) is 18.0 Å². The highest BCUT2D eigenvalue weighted by Crippen LogP contribution is 2.32. The Morgan fingerprint density at radius 3 is 2.50 bits per heavy atom. The summed E-state index contributed by atoms with van der Waals surface area (Å²) in [6.07, 6.45) is -2.82. The third kappa shape index (κ3) is 2.52. The third-order valence-corrected chi connectivity index (χ3v) is 2.65. The Labute approximate surface area is 115 Å². The van der Waals surface area contributed by atoms with Crippen molar-refractivity contribution in [2.45, 2.75) is 6.18 Å². The Bertz CT molecular complexity index is 682. The molecule has 0 spiro atoms. The van der Waals surface area contributed by atoms with Crippen molar-refractivity contribution >= 4 is 23.3 Å². The molecule has 2 aromatic rings. The van der Waals surface area contributed by atoms with Gasteiger partial charge in [-0.3, -0.25) is 4.79 Å². The largest absolute Gasteiger partial charge is 0.417 e. The summed E-state index contributed by atoms with van der Waals surface area (Å²) < 4.78 is 38.4. The van der Waals surface area contributed by atoms with E-state index in [2.05, 4.69) is 10.1 Å². The first-order chi connectivity index (χ1) is 9.20. The first kappa shape index (κ1) is 14.1. The monoisotopic (exact) mass is 305 g/mol. The van der Waals surface area contributed by atoms with E-state index in [0.717, 1.165) is 10.9 Å². The maximum Gasteiger partial charge on any atom is 0.417 e. The van der Waals surface area contributed by atoms with Crippen molar-refractivity contribution in [3.63, 3.8) is 0 Å². The number of primary amides is 1. The molecule has 0 aliphatic rings. The fourth-order valence-corrected chi connectivity index (χ4v) is 1.69. The van der Waals surface area contributed by atoms with Crippen LogP contribution in [0.2, 0.25) is 5.02 Å². The molecule has 10 heteroatoms. The van der Waals surface area contributed by atoms with E-state index in [1.54, 1.807) is 0 Å². The highest BCUT2D eigenvalue weighted by molar-refractivity contribution is 6.32. The third-order valence-electron chi connectivity index (χ3n) is 2.37. The standard InChI is InChI=1S/C10H7ClF3N5O/c11-6-1-4(10(12,13)14)2-17-9(6)19-3-5(8(16)20)7(15)18-19/h1-3H,(H2,15,18)(H2,16,20). The van der Waals surface area contributed by atoms with E-state index in [4.69, 9.17) is 23.1 Å². The topological polar surface area (TPSA) is 99.8 Å². The molecule has 0 aromatic carbocycles. The van der Waals surface area contributed by atoms with Crippen molar-refractivity contribution in [1.29, 1.82) is 0 Å². The summed E-state index contributed by atoms with van der Waals surface area (Å²) in [7, 11) is 0. The van der Waals surface area contributed by atoms with E-state index >= 15 is 0 Å². The van der Waals surface area contributed by atoms with Crippen LogP contribution in [0, 0.1) is 0 Å². The molecule has 1 amide bonds. The Balaban J connectivity index is 2.49. The molecule has 2 aromatic heterocycles. The van der Waals surface area contributed by atoms with Gasteiger partial charge in [0.15, 0.2) is 11.6 Å². The lowest BCUT2D eigenvalue weighted by molar-refractivity contribution is -0.137. The number of rotatable bonds is 2. The molecule has 2 rings (SSSR count). The lowest BCUT2D eigenvalue weighted by atomic mass is 10.3. The first-order valence-corrected chi connectivity index (χ1v) is 5.46. The number of hydrogen-bond donors (Lipinski definition) is 2. The molecule has 0 unspecified atom stereocenters. The second kappa shape index (κ2) is 4.67. The van der Waals surface area contributed by atoms with Crippen LogP contribution in [0.5, 0.6) is 0 Å². The molecule has 0 atom stereocenters. The highest BCUT2D eigenvalue weighted by Gasteiger charge is 2.31. The van der Waals surface area contributed by atoms with Gasteiger partial charge < -0.3 is 11.5 Å². The molecular formula is C10H7ClF3N5O. The SMILES string of the molecule is NC(=O)c1cn(-c2ncc(C(F)(F)F)cc2Cl)nc1N. The molecule has 0 saturated carbocycles. The van der Waals surface area contributed by atoms with Crippen LogP contribution in [0.4, 0.5) is 19.0 Å². The van der Waals surface area contributed by atoms with Gasteiger partial charge in [-0.15, -0.1) is 5.10 Å². The van der Waals surface area contributed by atoms with Crippen molar-refractivity contribution in [2.75, 3.05) is 5.73 Å². The van der Waals surface area contributed by atoms with Crippen LogP contribution in [0.1, 0.15) is 15.9 Å². The predicted molar refractivity (Wildman–Crippen MR) is 64.3 cm³/mol. The predicted octanol–water partition coefficient (Wildman–Crippen LogP) is 1.62. The lowest BCUT2D eigenvalue weighted by Crippen LogP contribution is -2.11. The van der Waals surface area contributed by atoms with Crippen molar-refractivity contribution in [1.82, 2.24) is 14.8 Å². The van der Waals surface area contributed by atoms with Crippen LogP contribution in [0.3, 0.4) is 0 Å². The zero-order chi connectivity index (χ0) is 15.1. The van der Waals surface area contributed by atoms with Gasteiger partial charge in [-0.1, -0.05) is 11.6 Å². The summed E-state index contributed by atoms with van der Waals surface area (Å²) in [5.41, 5.74) is 9.42. The summed E-state index contributed by atoms with van der Waals surface area (Å²) in [5, 5.41) is 3.43. The number of anilines is 1. The van der Waals surface area contributed by atoms with Gasteiger partial charge in [0, 0.05) is 12.4 Å². The van der Waals surface area contributed by atoms with Gasteiger partial charge in [-0.05, 0) is 6.07 Å². The number of nitrogens with two attached hydrogens (primary N) is 2. The Morgan fingerprint density at radius 1 is 1.40 bits per heavy atom. The van der Waals surface area contributed by atoms with Gasteiger partial charge in [0.1, 0.15) is 5.56 Å². The maximum atomic E-state index is 12.5. The van der Waals surface area contributed by atoms with Crippen LogP contribution in [-0.4, -0.2) is 20.7 Å². The molecule has 0 bridgehead atoms. The van der Waals surface area contributed by atoms with E-state index in [-0.39, 0.29) is 22.2 Å². The molecule has 0 aliphatic heterocycles. The number of carbonyl (C=O) groups is 1. The minimum Gasteiger partial charge on any atom is -0.382 e. The maximum absolute atomic E-state index is 12.5. The summed E-state index contributed by atoms with van der Waals surface area (Å²) in [4.78, 5) is 14.6. The lowest BCUT2D eigenvalue weighted by Gasteiger charge is -2.08. The Morgan fingerprint density at radius 2 is 2.05 bits per heavy atom. The molecule has 4 N–H and O–H groups in total. The second-order valence-corrected chi connectivity index (χ2v) is 4.17. The molecule has 6 nitrogen and oxygen atoms in total. The number of alkyl halides is 3. The Hall–Kier alpha value is -2.29. The van der Waals surface area contributed by atoms with Crippen LogP contribution in [0.15, 0.2) is 18.5 Å². The normalized spacial score (nSPS) is 11.6. The van der Waals surface area contributed by atoms with E-state index in [1.165, 1.54) is 0 Å². The molecular weight excluding hydrogens is 299 g/mol. The number of nitrogens with zero attached hydrogens (tertiary/aromatic N) is 3. The average Bonchev–Trinajstić information content (AvgIpc) is 2.69. The number of halogens is 4. The number of aromatic nitrogens is 3. The summed E-state index contributed by atoms with van der Waals surface area (Å²) in [6, 6.07) is 0.700. The van der Waals surface area contributed by atoms with Crippen molar-refractivity contribution in [3.05, 3.63) is 34.6 Å². The quantitative estimate of drug-likeness (QED) is 0.880. The second-order valence-electron chi connectivity index (χ2n) is 3.76. The molecule has 0 radical (unpaired) electrons. The number of hydrogen-bond acceptors (Lipinski definition) is 4. The zero-order valence-electron chi connectivity index (χ0n) is 9.65. The number of amides is 1. The van der Waals surface area contributed by atoms with Gasteiger partial charge in [0.2, 0.25) is 0 Å².